The monoisotopic (exact) mass is 359 g/mol. The molecule has 1 unspecified atom stereocenters. The van der Waals surface area contributed by atoms with Crippen LogP contribution in [0.2, 0.25) is 0 Å². The summed E-state index contributed by atoms with van der Waals surface area (Å²) in [6, 6.07) is 10.5. The number of benzene rings is 2. The molecule has 6 heteroatoms. The molecule has 0 radical (unpaired) electrons. The summed E-state index contributed by atoms with van der Waals surface area (Å²) in [5.74, 6) is -0.282. The van der Waals surface area contributed by atoms with Gasteiger partial charge in [0.2, 0.25) is 0 Å². The van der Waals surface area contributed by atoms with E-state index in [9.17, 15) is 13.2 Å². The minimum atomic E-state index is -2.87. The largest absolute Gasteiger partial charge is 0.435 e. The molecule has 1 atom stereocenters. The van der Waals surface area contributed by atoms with Crippen LogP contribution in [0.25, 0.3) is 0 Å². The highest BCUT2D eigenvalue weighted by atomic mass is 79.9. The Kier molecular flexibility index (Phi) is 5.12. The predicted octanol–water partition coefficient (Wildman–Crippen LogP) is 5.36. The summed E-state index contributed by atoms with van der Waals surface area (Å²) in [5, 5.41) is 3.05. The van der Waals surface area contributed by atoms with Crippen molar-refractivity contribution in [2.75, 3.05) is 5.32 Å². The number of rotatable bonds is 5. The SMILES string of the molecule is CC(Nc1cccc(OC(F)F)c1)c1cc(Br)ccc1F. The van der Waals surface area contributed by atoms with Gasteiger partial charge in [-0.05, 0) is 37.3 Å². The van der Waals surface area contributed by atoms with Crippen molar-refractivity contribution in [3.63, 3.8) is 0 Å². The average molecular weight is 360 g/mol. The topological polar surface area (TPSA) is 21.3 Å². The van der Waals surface area contributed by atoms with E-state index in [4.69, 9.17) is 0 Å². The minimum absolute atomic E-state index is 0.0527. The number of nitrogens with one attached hydrogen (secondary N) is 1. The summed E-state index contributed by atoms with van der Waals surface area (Å²) in [5.41, 5.74) is 1.05. The average Bonchev–Trinajstić information content (AvgIpc) is 2.41. The Morgan fingerprint density at radius 2 is 1.90 bits per heavy atom. The molecule has 0 aromatic heterocycles. The molecule has 0 saturated carbocycles. The predicted molar refractivity (Wildman–Crippen MR) is 79.2 cm³/mol. The van der Waals surface area contributed by atoms with E-state index in [2.05, 4.69) is 26.0 Å². The second-order valence-electron chi connectivity index (χ2n) is 4.44. The summed E-state index contributed by atoms with van der Waals surface area (Å²) in [7, 11) is 0. The Balaban J connectivity index is 2.15. The highest BCUT2D eigenvalue weighted by Crippen LogP contribution is 2.26. The summed E-state index contributed by atoms with van der Waals surface area (Å²) >= 11 is 3.29. The standard InChI is InChI=1S/C15H13BrF3NO/c1-9(13-7-10(16)5-6-14(13)17)20-11-3-2-4-12(8-11)21-15(18)19/h2-9,15,20H,1H3. The zero-order valence-electron chi connectivity index (χ0n) is 11.1. The fourth-order valence-electron chi connectivity index (χ4n) is 1.94. The van der Waals surface area contributed by atoms with Crippen molar-refractivity contribution >= 4 is 21.6 Å². The van der Waals surface area contributed by atoms with E-state index in [1.54, 1.807) is 31.2 Å². The molecule has 21 heavy (non-hydrogen) atoms. The maximum Gasteiger partial charge on any atom is 0.387 e. The van der Waals surface area contributed by atoms with Gasteiger partial charge in [-0.25, -0.2) is 4.39 Å². The van der Waals surface area contributed by atoms with Crippen molar-refractivity contribution in [3.05, 3.63) is 58.3 Å². The van der Waals surface area contributed by atoms with Crippen molar-refractivity contribution in [1.82, 2.24) is 0 Å². The Labute approximate surface area is 129 Å². The molecule has 0 amide bonds. The summed E-state index contributed by atoms with van der Waals surface area (Å²) in [6.45, 7) is -1.09. The van der Waals surface area contributed by atoms with Gasteiger partial charge >= 0.3 is 6.61 Å². The van der Waals surface area contributed by atoms with Crippen molar-refractivity contribution in [3.8, 4) is 5.75 Å². The molecule has 112 valence electrons. The lowest BCUT2D eigenvalue weighted by Crippen LogP contribution is -2.09. The van der Waals surface area contributed by atoms with Crippen molar-refractivity contribution in [2.45, 2.75) is 19.6 Å². The van der Waals surface area contributed by atoms with Crippen molar-refractivity contribution < 1.29 is 17.9 Å². The van der Waals surface area contributed by atoms with Crippen LogP contribution in [-0.2, 0) is 0 Å². The highest BCUT2D eigenvalue weighted by Gasteiger charge is 2.12. The molecule has 0 spiro atoms. The maximum absolute atomic E-state index is 13.8. The van der Waals surface area contributed by atoms with Gasteiger partial charge in [0.05, 0.1) is 6.04 Å². The van der Waals surface area contributed by atoms with Gasteiger partial charge < -0.3 is 10.1 Å². The van der Waals surface area contributed by atoms with Crippen LogP contribution in [0.1, 0.15) is 18.5 Å². The fraction of sp³-hybridized carbons (Fsp3) is 0.200. The van der Waals surface area contributed by atoms with E-state index in [-0.39, 0.29) is 17.6 Å². The molecule has 2 nitrogen and oxygen atoms in total. The summed E-state index contributed by atoms with van der Waals surface area (Å²) < 4.78 is 43.2. The Bertz CT molecular complexity index is 622. The van der Waals surface area contributed by atoms with E-state index in [0.29, 0.717) is 11.3 Å². The third kappa shape index (κ3) is 4.39. The number of anilines is 1. The van der Waals surface area contributed by atoms with Gasteiger partial charge in [-0.15, -0.1) is 0 Å². The molecule has 2 aromatic carbocycles. The van der Waals surface area contributed by atoms with E-state index in [1.807, 2.05) is 0 Å². The van der Waals surface area contributed by atoms with Gasteiger partial charge in [-0.3, -0.25) is 0 Å². The maximum atomic E-state index is 13.8. The zero-order valence-corrected chi connectivity index (χ0v) is 12.7. The lowest BCUT2D eigenvalue weighted by atomic mass is 10.1. The molecular formula is C15H13BrF3NO. The van der Waals surface area contributed by atoms with E-state index >= 15 is 0 Å². The molecule has 0 aliphatic rings. The highest BCUT2D eigenvalue weighted by molar-refractivity contribution is 9.10. The van der Waals surface area contributed by atoms with Crippen LogP contribution >= 0.6 is 15.9 Å². The first-order valence-electron chi connectivity index (χ1n) is 6.22. The molecule has 0 bridgehead atoms. The van der Waals surface area contributed by atoms with Gasteiger partial charge in [-0.1, -0.05) is 22.0 Å². The smallest absolute Gasteiger partial charge is 0.387 e. The first-order valence-corrected chi connectivity index (χ1v) is 7.01. The molecule has 0 aliphatic carbocycles. The second kappa shape index (κ2) is 6.85. The zero-order chi connectivity index (χ0) is 15.4. The molecule has 0 heterocycles. The van der Waals surface area contributed by atoms with Crippen LogP contribution in [0.5, 0.6) is 5.75 Å². The van der Waals surface area contributed by atoms with Gasteiger partial charge in [0.15, 0.2) is 0 Å². The first-order chi connectivity index (χ1) is 9.95. The van der Waals surface area contributed by atoms with Gasteiger partial charge in [0, 0.05) is 21.8 Å². The Morgan fingerprint density at radius 3 is 2.62 bits per heavy atom. The Hall–Kier alpha value is -1.69. The molecule has 0 saturated heterocycles. The normalized spacial score (nSPS) is 12.3. The quantitative estimate of drug-likeness (QED) is 0.775. The van der Waals surface area contributed by atoms with Crippen LogP contribution in [0.4, 0.5) is 18.9 Å². The number of hydrogen-bond acceptors (Lipinski definition) is 2. The third-order valence-electron chi connectivity index (χ3n) is 2.87. The number of hydrogen-bond donors (Lipinski definition) is 1. The van der Waals surface area contributed by atoms with Crippen LogP contribution < -0.4 is 10.1 Å². The lowest BCUT2D eigenvalue weighted by molar-refractivity contribution is -0.0498. The van der Waals surface area contributed by atoms with Crippen molar-refractivity contribution in [1.29, 1.82) is 0 Å². The van der Waals surface area contributed by atoms with Gasteiger partial charge in [0.1, 0.15) is 11.6 Å². The lowest BCUT2D eigenvalue weighted by Gasteiger charge is -2.17. The van der Waals surface area contributed by atoms with E-state index in [0.717, 1.165) is 4.47 Å². The van der Waals surface area contributed by atoms with Crippen LogP contribution in [0.3, 0.4) is 0 Å². The first kappa shape index (κ1) is 15.7. The molecule has 2 rings (SSSR count). The number of ether oxygens (including phenoxy) is 1. The molecule has 1 N–H and O–H groups in total. The van der Waals surface area contributed by atoms with Crippen LogP contribution in [0, 0.1) is 5.82 Å². The third-order valence-corrected chi connectivity index (χ3v) is 3.36. The van der Waals surface area contributed by atoms with E-state index < -0.39 is 6.61 Å². The second-order valence-corrected chi connectivity index (χ2v) is 5.35. The summed E-state index contributed by atoms with van der Waals surface area (Å²) in [4.78, 5) is 0. The molecular weight excluding hydrogens is 347 g/mol. The van der Waals surface area contributed by atoms with Gasteiger partial charge in [-0.2, -0.15) is 8.78 Å². The number of alkyl halides is 2. The minimum Gasteiger partial charge on any atom is -0.435 e. The molecule has 2 aromatic rings. The van der Waals surface area contributed by atoms with Crippen LogP contribution in [-0.4, -0.2) is 6.61 Å². The van der Waals surface area contributed by atoms with E-state index in [1.165, 1.54) is 18.2 Å². The van der Waals surface area contributed by atoms with Gasteiger partial charge in [0.25, 0.3) is 0 Å². The summed E-state index contributed by atoms with van der Waals surface area (Å²) in [6.07, 6.45) is 0. The van der Waals surface area contributed by atoms with Crippen LogP contribution in [0.15, 0.2) is 46.9 Å². The Morgan fingerprint density at radius 1 is 1.14 bits per heavy atom. The molecule has 0 fully saturated rings. The molecule has 0 aliphatic heterocycles. The number of halogens is 4. The van der Waals surface area contributed by atoms with Crippen molar-refractivity contribution in [2.24, 2.45) is 0 Å². The fourth-order valence-corrected chi connectivity index (χ4v) is 2.32.